The lowest BCUT2D eigenvalue weighted by molar-refractivity contribution is -0.153. The van der Waals surface area contributed by atoms with Crippen molar-refractivity contribution in [1.82, 2.24) is 15.0 Å². The predicted octanol–water partition coefficient (Wildman–Crippen LogP) is 1.72. The summed E-state index contributed by atoms with van der Waals surface area (Å²) in [6.45, 7) is 2.33. The van der Waals surface area contributed by atoms with Crippen LogP contribution in [0.5, 0.6) is 0 Å². The lowest BCUT2D eigenvalue weighted by Gasteiger charge is -2.25. The van der Waals surface area contributed by atoms with Gasteiger partial charge >= 0.3 is 5.97 Å². The summed E-state index contributed by atoms with van der Waals surface area (Å²) in [5.41, 5.74) is -0.298. The van der Waals surface area contributed by atoms with E-state index in [1.165, 1.54) is 20.0 Å². The van der Waals surface area contributed by atoms with Crippen LogP contribution in [-0.4, -0.2) is 41.2 Å². The fourth-order valence-electron chi connectivity index (χ4n) is 4.08. The van der Waals surface area contributed by atoms with Gasteiger partial charge in [-0.15, -0.1) is 0 Å². The van der Waals surface area contributed by atoms with E-state index in [1.807, 2.05) is 0 Å². The lowest BCUT2D eigenvalue weighted by atomic mass is 9.81. The molecule has 2 heterocycles. The zero-order valence-electron chi connectivity index (χ0n) is 12.4. The van der Waals surface area contributed by atoms with Crippen molar-refractivity contribution in [2.45, 2.75) is 44.6 Å². The maximum Gasteiger partial charge on any atom is 0.313 e. The van der Waals surface area contributed by atoms with Crippen molar-refractivity contribution < 1.29 is 14.1 Å². The minimum absolute atomic E-state index is 0.0447. The first-order chi connectivity index (χ1) is 10.2. The van der Waals surface area contributed by atoms with E-state index >= 15 is 0 Å². The summed E-state index contributed by atoms with van der Waals surface area (Å²) in [5.74, 6) is 2.42. The first kappa shape index (κ1) is 13.2. The predicted molar refractivity (Wildman–Crippen MR) is 73.3 cm³/mol. The Morgan fingerprint density at radius 1 is 1.48 bits per heavy atom. The van der Waals surface area contributed by atoms with Gasteiger partial charge in [-0.1, -0.05) is 11.6 Å². The van der Waals surface area contributed by atoms with Crippen molar-refractivity contribution in [3.05, 3.63) is 11.7 Å². The molecule has 1 aromatic heterocycles. The number of hydrogen-bond donors (Lipinski definition) is 0. The quantitative estimate of drug-likeness (QED) is 0.787. The molecule has 3 fully saturated rings. The number of hydrogen-bond acceptors (Lipinski definition) is 6. The van der Waals surface area contributed by atoms with E-state index in [0.717, 1.165) is 38.2 Å². The van der Waals surface area contributed by atoms with Crippen molar-refractivity contribution in [1.29, 1.82) is 0 Å². The van der Waals surface area contributed by atoms with Crippen LogP contribution in [0, 0.1) is 11.3 Å². The SMILES string of the molecule is COC(=O)[C@@]12CCC[C@@H]1CN(Cc1nc(C3CC3)no1)C2. The number of carbonyl (C=O) groups is 1. The smallest absolute Gasteiger partial charge is 0.313 e. The van der Waals surface area contributed by atoms with E-state index in [2.05, 4.69) is 15.0 Å². The summed E-state index contributed by atoms with van der Waals surface area (Å²) in [6.07, 6.45) is 5.53. The molecule has 0 bridgehead atoms. The van der Waals surface area contributed by atoms with E-state index in [-0.39, 0.29) is 11.4 Å². The highest BCUT2D eigenvalue weighted by atomic mass is 16.5. The van der Waals surface area contributed by atoms with E-state index in [9.17, 15) is 4.79 Å². The van der Waals surface area contributed by atoms with Gasteiger partial charge in [0, 0.05) is 19.0 Å². The number of ether oxygens (including phenoxy) is 1. The Morgan fingerprint density at radius 2 is 2.33 bits per heavy atom. The summed E-state index contributed by atoms with van der Waals surface area (Å²) in [6, 6.07) is 0. The molecule has 0 N–H and O–H groups in total. The number of fused-ring (bicyclic) bond motifs is 1. The Kier molecular flexibility index (Phi) is 3.03. The summed E-state index contributed by atoms with van der Waals surface area (Å²) in [7, 11) is 1.50. The molecule has 6 heteroatoms. The Hall–Kier alpha value is -1.43. The zero-order chi connectivity index (χ0) is 14.4. The molecule has 1 aliphatic heterocycles. The standard InChI is InChI=1S/C15H21N3O3/c1-20-14(19)15-6-2-3-11(15)7-18(9-15)8-12-16-13(17-21-12)10-4-5-10/h10-11H,2-9H2,1H3/t11-,15-/m1/s1. The van der Waals surface area contributed by atoms with Gasteiger partial charge in [-0.05, 0) is 31.6 Å². The van der Waals surface area contributed by atoms with Crippen LogP contribution in [0.1, 0.15) is 49.7 Å². The second kappa shape index (κ2) is 4.80. The highest BCUT2D eigenvalue weighted by Gasteiger charge is 2.55. The largest absolute Gasteiger partial charge is 0.469 e. The molecule has 0 unspecified atom stereocenters. The molecule has 0 aromatic carbocycles. The number of methoxy groups -OCH3 is 1. The maximum atomic E-state index is 12.2. The second-order valence-electron chi connectivity index (χ2n) is 6.73. The third-order valence-corrected chi connectivity index (χ3v) is 5.32. The monoisotopic (exact) mass is 291 g/mol. The number of rotatable bonds is 4. The van der Waals surface area contributed by atoms with Crippen LogP contribution in [0.2, 0.25) is 0 Å². The molecule has 6 nitrogen and oxygen atoms in total. The minimum Gasteiger partial charge on any atom is -0.469 e. The van der Waals surface area contributed by atoms with Crippen molar-refractivity contribution in [3.8, 4) is 0 Å². The Bertz CT molecular complexity index is 554. The molecule has 1 saturated heterocycles. The van der Waals surface area contributed by atoms with Crippen molar-refractivity contribution in [2.24, 2.45) is 11.3 Å². The molecule has 1 aromatic rings. The minimum atomic E-state index is -0.298. The summed E-state index contributed by atoms with van der Waals surface area (Å²) in [4.78, 5) is 19.0. The number of esters is 1. The van der Waals surface area contributed by atoms with Gasteiger partial charge in [-0.3, -0.25) is 9.69 Å². The average Bonchev–Trinajstić information content (AvgIpc) is 2.93. The fraction of sp³-hybridized carbons (Fsp3) is 0.800. The van der Waals surface area contributed by atoms with Crippen molar-refractivity contribution >= 4 is 5.97 Å². The molecule has 3 aliphatic rings. The molecule has 0 radical (unpaired) electrons. The van der Waals surface area contributed by atoms with Crippen LogP contribution in [-0.2, 0) is 16.1 Å². The van der Waals surface area contributed by atoms with Gasteiger partial charge in [-0.25, -0.2) is 0 Å². The molecule has 21 heavy (non-hydrogen) atoms. The van der Waals surface area contributed by atoms with Gasteiger partial charge in [0.2, 0.25) is 5.89 Å². The normalized spacial score (nSPS) is 32.3. The molecule has 2 aliphatic carbocycles. The number of aromatic nitrogens is 2. The Morgan fingerprint density at radius 3 is 3.10 bits per heavy atom. The molecular weight excluding hydrogens is 270 g/mol. The van der Waals surface area contributed by atoms with E-state index < -0.39 is 0 Å². The Labute approximate surface area is 123 Å². The van der Waals surface area contributed by atoms with Gasteiger partial charge in [0.1, 0.15) is 0 Å². The summed E-state index contributed by atoms with van der Waals surface area (Å²) < 4.78 is 10.4. The first-order valence-electron chi connectivity index (χ1n) is 7.84. The topological polar surface area (TPSA) is 68.5 Å². The van der Waals surface area contributed by atoms with Crippen LogP contribution >= 0.6 is 0 Å². The maximum absolute atomic E-state index is 12.2. The zero-order valence-corrected chi connectivity index (χ0v) is 12.4. The van der Waals surface area contributed by atoms with Gasteiger partial charge in [0.25, 0.3) is 0 Å². The van der Waals surface area contributed by atoms with Gasteiger partial charge < -0.3 is 9.26 Å². The number of likely N-dealkylation sites (tertiary alicyclic amines) is 1. The third-order valence-electron chi connectivity index (χ3n) is 5.32. The molecular formula is C15H21N3O3. The van der Waals surface area contributed by atoms with Crippen LogP contribution in [0.3, 0.4) is 0 Å². The molecule has 2 atom stereocenters. The van der Waals surface area contributed by atoms with E-state index in [1.54, 1.807) is 0 Å². The van der Waals surface area contributed by atoms with Gasteiger partial charge in [0.05, 0.1) is 19.1 Å². The van der Waals surface area contributed by atoms with E-state index in [4.69, 9.17) is 9.26 Å². The van der Waals surface area contributed by atoms with Crippen molar-refractivity contribution in [3.63, 3.8) is 0 Å². The Balaban J connectivity index is 1.46. The highest BCUT2D eigenvalue weighted by molar-refractivity contribution is 5.78. The lowest BCUT2D eigenvalue weighted by Crippen LogP contribution is -2.36. The number of carbonyl (C=O) groups excluding carboxylic acids is 1. The third kappa shape index (κ3) is 2.16. The van der Waals surface area contributed by atoms with Crippen LogP contribution in [0.4, 0.5) is 0 Å². The molecule has 2 saturated carbocycles. The second-order valence-corrected chi connectivity index (χ2v) is 6.73. The molecule has 0 amide bonds. The van der Waals surface area contributed by atoms with Crippen LogP contribution in [0.25, 0.3) is 0 Å². The molecule has 0 spiro atoms. The van der Waals surface area contributed by atoms with Crippen LogP contribution in [0.15, 0.2) is 4.52 Å². The summed E-state index contributed by atoms with van der Waals surface area (Å²) in [5, 5.41) is 4.06. The van der Waals surface area contributed by atoms with Gasteiger partial charge in [-0.2, -0.15) is 4.98 Å². The highest BCUT2D eigenvalue weighted by Crippen LogP contribution is 2.49. The molecule has 114 valence electrons. The fourth-order valence-corrected chi connectivity index (χ4v) is 4.08. The number of nitrogens with zero attached hydrogens (tertiary/aromatic N) is 3. The van der Waals surface area contributed by atoms with E-state index in [0.29, 0.717) is 24.3 Å². The van der Waals surface area contributed by atoms with Crippen LogP contribution < -0.4 is 0 Å². The average molecular weight is 291 g/mol. The summed E-state index contributed by atoms with van der Waals surface area (Å²) >= 11 is 0. The van der Waals surface area contributed by atoms with Crippen molar-refractivity contribution in [2.75, 3.05) is 20.2 Å². The van der Waals surface area contributed by atoms with Gasteiger partial charge in [0.15, 0.2) is 5.82 Å². The molecule has 4 rings (SSSR count). The first-order valence-corrected chi connectivity index (χ1v) is 7.84.